The molecule has 10 heteroatoms. The quantitative estimate of drug-likeness (QED) is 0.592. The molecular formula is C17H10F3N5O2. The molecule has 0 bridgehead atoms. The van der Waals surface area contributed by atoms with Gasteiger partial charge in [-0.05, 0) is 18.2 Å². The lowest BCUT2D eigenvalue weighted by Gasteiger charge is -2.09. The predicted molar refractivity (Wildman–Crippen MR) is 87.9 cm³/mol. The molecule has 1 N–H and O–H groups in total. The minimum atomic E-state index is -4.56. The Hall–Kier alpha value is -3.69. The Labute approximate surface area is 149 Å². The molecule has 1 amide bonds. The average molecular weight is 373 g/mol. The van der Waals surface area contributed by atoms with Crippen LogP contribution in [0.4, 0.5) is 18.9 Å². The molecular weight excluding hydrogens is 363 g/mol. The number of alkyl halides is 3. The largest absolute Gasteiger partial charge is 0.417 e. The van der Waals surface area contributed by atoms with Crippen LogP contribution in [0, 0.1) is 0 Å². The number of rotatable bonds is 3. The summed E-state index contributed by atoms with van der Waals surface area (Å²) in [6.07, 6.45) is -1.50. The topological polar surface area (TPSA) is 85.3 Å². The zero-order valence-corrected chi connectivity index (χ0v) is 13.4. The third kappa shape index (κ3) is 3.24. The molecule has 0 atom stereocenters. The number of halogens is 3. The summed E-state index contributed by atoms with van der Waals surface area (Å²) in [7, 11) is 0. The summed E-state index contributed by atoms with van der Waals surface area (Å²) in [5.41, 5.74) is -0.174. The molecule has 0 saturated heterocycles. The first-order valence-electron chi connectivity index (χ1n) is 7.66. The number of pyridine rings is 1. The van der Waals surface area contributed by atoms with Crippen LogP contribution in [0.5, 0.6) is 0 Å². The summed E-state index contributed by atoms with van der Waals surface area (Å²) in [5, 5.41) is 13.7. The van der Waals surface area contributed by atoms with Gasteiger partial charge in [-0.1, -0.05) is 23.4 Å². The molecule has 0 aliphatic carbocycles. The second-order valence-electron chi connectivity index (χ2n) is 5.59. The molecule has 27 heavy (non-hydrogen) atoms. The Morgan fingerprint density at radius 3 is 2.78 bits per heavy atom. The van der Waals surface area contributed by atoms with Gasteiger partial charge in [-0.3, -0.25) is 9.20 Å². The number of fused-ring (bicyclic) bond motifs is 1. The lowest BCUT2D eigenvalue weighted by Crippen LogP contribution is -2.12. The van der Waals surface area contributed by atoms with Gasteiger partial charge in [0.05, 0.1) is 11.3 Å². The van der Waals surface area contributed by atoms with Crippen molar-refractivity contribution in [2.45, 2.75) is 6.18 Å². The van der Waals surface area contributed by atoms with Crippen molar-refractivity contribution in [3.05, 3.63) is 66.2 Å². The fraction of sp³-hybridized carbons (Fsp3) is 0.0588. The number of carbonyl (C=O) groups is 1. The van der Waals surface area contributed by atoms with Crippen LogP contribution in [-0.2, 0) is 6.18 Å². The van der Waals surface area contributed by atoms with E-state index < -0.39 is 17.6 Å². The molecule has 0 aliphatic rings. The van der Waals surface area contributed by atoms with Crippen LogP contribution in [0.1, 0.15) is 16.1 Å². The Morgan fingerprint density at radius 1 is 1.15 bits per heavy atom. The highest BCUT2D eigenvalue weighted by atomic mass is 19.4. The summed E-state index contributed by atoms with van der Waals surface area (Å²) in [6, 6.07) is 9.34. The first-order chi connectivity index (χ1) is 12.9. The highest BCUT2D eigenvalue weighted by Gasteiger charge is 2.34. The molecule has 0 spiro atoms. The number of nitrogens with zero attached hydrogens (tertiary/aromatic N) is 4. The molecule has 4 rings (SSSR count). The Kier molecular flexibility index (Phi) is 3.87. The van der Waals surface area contributed by atoms with Crippen molar-refractivity contribution in [3.63, 3.8) is 0 Å². The second-order valence-corrected chi connectivity index (χ2v) is 5.59. The smallest absolute Gasteiger partial charge is 0.355 e. The van der Waals surface area contributed by atoms with E-state index in [1.165, 1.54) is 24.5 Å². The molecule has 7 nitrogen and oxygen atoms in total. The van der Waals surface area contributed by atoms with Gasteiger partial charge >= 0.3 is 6.18 Å². The van der Waals surface area contributed by atoms with Gasteiger partial charge in [0.25, 0.3) is 5.91 Å². The van der Waals surface area contributed by atoms with Crippen LogP contribution >= 0.6 is 0 Å². The monoisotopic (exact) mass is 373 g/mol. The van der Waals surface area contributed by atoms with E-state index in [4.69, 9.17) is 4.52 Å². The number of amides is 1. The summed E-state index contributed by atoms with van der Waals surface area (Å²) in [4.78, 5) is 12.3. The molecule has 3 aromatic heterocycles. The van der Waals surface area contributed by atoms with Crippen LogP contribution < -0.4 is 5.32 Å². The van der Waals surface area contributed by atoms with E-state index in [-0.39, 0.29) is 17.0 Å². The summed E-state index contributed by atoms with van der Waals surface area (Å²) in [6.45, 7) is 0. The van der Waals surface area contributed by atoms with Gasteiger partial charge in [-0.2, -0.15) is 13.2 Å². The van der Waals surface area contributed by atoms with Crippen LogP contribution in [-0.4, -0.2) is 25.7 Å². The molecule has 4 aromatic rings. The normalized spacial score (nSPS) is 11.7. The van der Waals surface area contributed by atoms with Gasteiger partial charge in [-0.15, -0.1) is 10.2 Å². The first-order valence-corrected chi connectivity index (χ1v) is 7.66. The minimum Gasteiger partial charge on any atom is -0.355 e. The van der Waals surface area contributed by atoms with Crippen molar-refractivity contribution in [3.8, 4) is 11.3 Å². The number of carbonyl (C=O) groups excluding carboxylic acids is 1. The predicted octanol–water partition coefficient (Wildman–Crippen LogP) is 3.66. The fourth-order valence-electron chi connectivity index (χ4n) is 2.55. The molecule has 0 saturated carbocycles. The minimum absolute atomic E-state index is 0.147. The highest BCUT2D eigenvalue weighted by Crippen LogP contribution is 2.37. The van der Waals surface area contributed by atoms with Crippen molar-refractivity contribution in [1.82, 2.24) is 19.8 Å². The Bertz CT molecular complexity index is 1130. The standard InChI is InChI=1S/C17H10F3N5O2/c18-17(19,20)12-4-2-1-3-11(12)14-7-13(24-27-14)16(26)22-10-5-6-15-23-21-9-25(15)8-10/h1-9H,(H,22,26). The number of aromatic nitrogens is 4. The Morgan fingerprint density at radius 2 is 1.96 bits per heavy atom. The number of benzene rings is 1. The van der Waals surface area contributed by atoms with Crippen LogP contribution in [0.2, 0.25) is 0 Å². The number of anilines is 1. The first kappa shape index (κ1) is 16.8. The molecule has 0 radical (unpaired) electrons. The molecule has 0 fully saturated rings. The summed E-state index contributed by atoms with van der Waals surface area (Å²) in [5.74, 6) is -0.774. The van der Waals surface area contributed by atoms with Crippen molar-refractivity contribution in [2.75, 3.05) is 5.32 Å². The van der Waals surface area contributed by atoms with E-state index in [0.717, 1.165) is 12.1 Å². The number of hydrogen-bond acceptors (Lipinski definition) is 5. The molecule has 0 unspecified atom stereocenters. The van der Waals surface area contributed by atoms with E-state index >= 15 is 0 Å². The third-order valence-corrected chi connectivity index (χ3v) is 3.79. The molecule has 3 heterocycles. The highest BCUT2D eigenvalue weighted by molar-refractivity contribution is 6.03. The summed E-state index contributed by atoms with van der Waals surface area (Å²) >= 11 is 0. The van der Waals surface area contributed by atoms with Gasteiger partial charge in [0.2, 0.25) is 0 Å². The molecule has 0 aliphatic heterocycles. The zero-order valence-electron chi connectivity index (χ0n) is 13.4. The fourth-order valence-corrected chi connectivity index (χ4v) is 2.55. The van der Waals surface area contributed by atoms with Gasteiger partial charge in [-0.25, -0.2) is 0 Å². The molecule has 136 valence electrons. The summed E-state index contributed by atoms with van der Waals surface area (Å²) < 4.78 is 46.0. The van der Waals surface area contributed by atoms with E-state index in [9.17, 15) is 18.0 Å². The van der Waals surface area contributed by atoms with Gasteiger partial charge < -0.3 is 9.84 Å². The van der Waals surface area contributed by atoms with E-state index in [1.54, 1.807) is 22.7 Å². The lowest BCUT2D eigenvalue weighted by atomic mass is 10.0. The van der Waals surface area contributed by atoms with E-state index in [0.29, 0.717) is 11.3 Å². The van der Waals surface area contributed by atoms with Gasteiger partial charge in [0.1, 0.15) is 6.33 Å². The van der Waals surface area contributed by atoms with Gasteiger partial charge in [0.15, 0.2) is 17.1 Å². The van der Waals surface area contributed by atoms with Crippen molar-refractivity contribution >= 4 is 17.2 Å². The zero-order chi connectivity index (χ0) is 19.0. The third-order valence-electron chi connectivity index (χ3n) is 3.79. The van der Waals surface area contributed by atoms with E-state index in [1.807, 2.05) is 0 Å². The van der Waals surface area contributed by atoms with E-state index in [2.05, 4.69) is 20.7 Å². The van der Waals surface area contributed by atoms with Gasteiger partial charge in [0, 0.05) is 17.8 Å². The lowest BCUT2D eigenvalue weighted by molar-refractivity contribution is -0.137. The average Bonchev–Trinajstić information content (AvgIpc) is 3.30. The second kappa shape index (κ2) is 6.24. The van der Waals surface area contributed by atoms with Crippen molar-refractivity contribution in [2.24, 2.45) is 0 Å². The maximum Gasteiger partial charge on any atom is 0.417 e. The van der Waals surface area contributed by atoms with Crippen molar-refractivity contribution < 1.29 is 22.5 Å². The number of hydrogen-bond donors (Lipinski definition) is 1. The SMILES string of the molecule is O=C(Nc1ccc2nncn2c1)c1cc(-c2ccccc2C(F)(F)F)on1. The van der Waals surface area contributed by atoms with Crippen LogP contribution in [0.15, 0.2) is 59.5 Å². The molecule has 1 aromatic carbocycles. The van der Waals surface area contributed by atoms with Crippen molar-refractivity contribution in [1.29, 1.82) is 0 Å². The maximum atomic E-state index is 13.1. The van der Waals surface area contributed by atoms with Crippen LogP contribution in [0.3, 0.4) is 0 Å². The maximum absolute atomic E-state index is 13.1. The Balaban J connectivity index is 1.60. The van der Waals surface area contributed by atoms with Crippen LogP contribution in [0.25, 0.3) is 17.0 Å². The number of nitrogens with one attached hydrogen (secondary N) is 1.